The lowest BCUT2D eigenvalue weighted by atomic mass is 10.0. The van der Waals surface area contributed by atoms with Crippen LogP contribution in [0.4, 0.5) is 0 Å². The van der Waals surface area contributed by atoms with E-state index in [9.17, 15) is 4.79 Å². The van der Waals surface area contributed by atoms with E-state index in [-0.39, 0.29) is 12.3 Å². The van der Waals surface area contributed by atoms with Gasteiger partial charge in [-0.05, 0) is 17.2 Å². The van der Waals surface area contributed by atoms with Crippen molar-refractivity contribution in [3.63, 3.8) is 0 Å². The molecule has 2 aromatic rings. The molecule has 1 amide bonds. The van der Waals surface area contributed by atoms with Gasteiger partial charge in [0.25, 0.3) is 5.91 Å². The molecule has 3 heteroatoms. The quantitative estimate of drug-likeness (QED) is 0.852. The average Bonchev–Trinajstić information content (AvgIpc) is 2.48. The van der Waals surface area contributed by atoms with Crippen molar-refractivity contribution in [3.8, 4) is 6.07 Å². The van der Waals surface area contributed by atoms with Gasteiger partial charge in [0.1, 0.15) is 0 Å². The van der Waals surface area contributed by atoms with E-state index >= 15 is 0 Å². The molecule has 0 radical (unpaired) electrons. The minimum atomic E-state index is -0.0558. The molecule has 0 N–H and O–H groups in total. The Morgan fingerprint density at radius 1 is 1.10 bits per heavy atom. The summed E-state index contributed by atoms with van der Waals surface area (Å²) < 4.78 is 0. The average molecular weight is 264 g/mol. The van der Waals surface area contributed by atoms with Crippen LogP contribution < -0.4 is 0 Å². The molecule has 0 aliphatic heterocycles. The molecule has 0 fully saturated rings. The minimum Gasteiger partial charge on any atom is -0.337 e. The summed E-state index contributed by atoms with van der Waals surface area (Å²) in [5, 5.41) is 8.82. The van der Waals surface area contributed by atoms with Gasteiger partial charge in [-0.25, -0.2) is 0 Å². The zero-order valence-electron chi connectivity index (χ0n) is 11.4. The smallest absolute Gasteiger partial charge is 0.254 e. The van der Waals surface area contributed by atoms with E-state index < -0.39 is 0 Å². The summed E-state index contributed by atoms with van der Waals surface area (Å²) in [4.78, 5) is 14.1. The van der Waals surface area contributed by atoms with Crippen LogP contribution in [-0.4, -0.2) is 17.9 Å². The highest BCUT2D eigenvalue weighted by Crippen LogP contribution is 2.13. The van der Waals surface area contributed by atoms with Crippen LogP contribution in [0.2, 0.25) is 0 Å². The maximum absolute atomic E-state index is 12.5. The number of rotatable bonds is 4. The first-order chi connectivity index (χ1) is 9.72. The first-order valence-corrected chi connectivity index (χ1v) is 6.46. The second-order valence-corrected chi connectivity index (χ2v) is 4.64. The summed E-state index contributed by atoms with van der Waals surface area (Å²) in [6.45, 7) is 0.556. The standard InChI is InChI=1S/C17H16N2O/c1-19(13-14-7-3-2-4-8-14)17(20)16-10-6-5-9-15(16)11-12-18/h2-10H,11,13H2,1H3. The van der Waals surface area contributed by atoms with E-state index in [0.717, 1.165) is 11.1 Å². The molecule has 0 saturated heterocycles. The Balaban J connectivity index is 2.17. The molecule has 0 atom stereocenters. The van der Waals surface area contributed by atoms with E-state index in [1.165, 1.54) is 0 Å². The third kappa shape index (κ3) is 3.24. The number of hydrogen-bond acceptors (Lipinski definition) is 2. The molecule has 2 aromatic carbocycles. The number of hydrogen-bond donors (Lipinski definition) is 0. The topological polar surface area (TPSA) is 44.1 Å². The predicted molar refractivity (Wildman–Crippen MR) is 78.0 cm³/mol. The lowest BCUT2D eigenvalue weighted by molar-refractivity contribution is 0.0784. The zero-order valence-corrected chi connectivity index (χ0v) is 11.4. The zero-order chi connectivity index (χ0) is 14.4. The Hall–Kier alpha value is -2.60. The first kappa shape index (κ1) is 13.8. The van der Waals surface area contributed by atoms with Gasteiger partial charge in [-0.2, -0.15) is 5.26 Å². The van der Waals surface area contributed by atoms with Crippen LogP contribution >= 0.6 is 0 Å². The molecule has 20 heavy (non-hydrogen) atoms. The maximum Gasteiger partial charge on any atom is 0.254 e. The van der Waals surface area contributed by atoms with Crippen molar-refractivity contribution < 1.29 is 4.79 Å². The van der Waals surface area contributed by atoms with Crippen molar-refractivity contribution in [2.45, 2.75) is 13.0 Å². The number of benzene rings is 2. The van der Waals surface area contributed by atoms with Gasteiger partial charge in [0, 0.05) is 19.2 Å². The molecule has 0 bridgehead atoms. The predicted octanol–water partition coefficient (Wildman–Crippen LogP) is 3.02. The third-order valence-electron chi connectivity index (χ3n) is 3.13. The van der Waals surface area contributed by atoms with Crippen molar-refractivity contribution in [2.24, 2.45) is 0 Å². The number of nitrogens with zero attached hydrogens (tertiary/aromatic N) is 2. The molecule has 0 unspecified atom stereocenters. The highest BCUT2D eigenvalue weighted by atomic mass is 16.2. The van der Waals surface area contributed by atoms with E-state index in [1.807, 2.05) is 48.5 Å². The number of carbonyl (C=O) groups is 1. The summed E-state index contributed by atoms with van der Waals surface area (Å²) in [6.07, 6.45) is 0.251. The largest absolute Gasteiger partial charge is 0.337 e. The van der Waals surface area contributed by atoms with Crippen LogP contribution in [0.15, 0.2) is 54.6 Å². The van der Waals surface area contributed by atoms with Gasteiger partial charge >= 0.3 is 0 Å². The molecule has 0 heterocycles. The van der Waals surface area contributed by atoms with E-state index in [0.29, 0.717) is 12.1 Å². The molecule has 0 saturated carbocycles. The Kier molecular flexibility index (Phi) is 4.52. The summed E-state index contributed by atoms with van der Waals surface area (Å²) in [5.74, 6) is -0.0558. The lowest BCUT2D eigenvalue weighted by Gasteiger charge is -2.18. The van der Waals surface area contributed by atoms with E-state index in [4.69, 9.17) is 5.26 Å². The molecule has 100 valence electrons. The van der Waals surface area contributed by atoms with Crippen LogP contribution in [0.25, 0.3) is 0 Å². The molecule has 0 aliphatic carbocycles. The molecular weight excluding hydrogens is 248 g/mol. The van der Waals surface area contributed by atoms with Gasteiger partial charge in [-0.15, -0.1) is 0 Å². The fraction of sp³-hybridized carbons (Fsp3) is 0.176. The Bertz CT molecular complexity index is 629. The van der Waals surface area contributed by atoms with Crippen LogP contribution in [-0.2, 0) is 13.0 Å². The monoisotopic (exact) mass is 264 g/mol. The number of nitriles is 1. The highest BCUT2D eigenvalue weighted by molar-refractivity contribution is 5.95. The van der Waals surface area contributed by atoms with Gasteiger partial charge in [-0.1, -0.05) is 48.5 Å². The lowest BCUT2D eigenvalue weighted by Crippen LogP contribution is -2.27. The number of carbonyl (C=O) groups excluding carboxylic acids is 1. The number of amides is 1. The Morgan fingerprint density at radius 3 is 2.45 bits per heavy atom. The van der Waals surface area contributed by atoms with E-state index in [1.54, 1.807) is 18.0 Å². The van der Waals surface area contributed by atoms with Crippen LogP contribution in [0.5, 0.6) is 0 Å². The van der Waals surface area contributed by atoms with Crippen LogP contribution in [0.1, 0.15) is 21.5 Å². The van der Waals surface area contributed by atoms with Crippen molar-refractivity contribution in [3.05, 3.63) is 71.3 Å². The third-order valence-corrected chi connectivity index (χ3v) is 3.13. The first-order valence-electron chi connectivity index (χ1n) is 6.46. The molecule has 0 aromatic heterocycles. The van der Waals surface area contributed by atoms with Crippen LogP contribution in [0, 0.1) is 11.3 Å². The fourth-order valence-electron chi connectivity index (χ4n) is 2.10. The normalized spacial score (nSPS) is 9.80. The molecular formula is C17H16N2O. The van der Waals surface area contributed by atoms with Crippen molar-refractivity contribution in [1.29, 1.82) is 5.26 Å². The van der Waals surface area contributed by atoms with Crippen LogP contribution in [0.3, 0.4) is 0 Å². The molecule has 2 rings (SSSR count). The van der Waals surface area contributed by atoms with Gasteiger partial charge < -0.3 is 4.90 Å². The van der Waals surface area contributed by atoms with Gasteiger partial charge in [-0.3, -0.25) is 4.79 Å². The minimum absolute atomic E-state index is 0.0558. The Morgan fingerprint density at radius 2 is 1.75 bits per heavy atom. The second-order valence-electron chi connectivity index (χ2n) is 4.64. The SMILES string of the molecule is CN(Cc1ccccc1)C(=O)c1ccccc1CC#N. The second kappa shape index (κ2) is 6.53. The summed E-state index contributed by atoms with van der Waals surface area (Å²) in [7, 11) is 1.78. The Labute approximate surface area is 119 Å². The van der Waals surface area contributed by atoms with Gasteiger partial charge in [0.15, 0.2) is 0 Å². The molecule has 0 spiro atoms. The maximum atomic E-state index is 12.5. The molecule has 0 aliphatic rings. The van der Waals surface area contributed by atoms with Gasteiger partial charge in [0.05, 0.1) is 12.5 Å². The molecule has 3 nitrogen and oxygen atoms in total. The summed E-state index contributed by atoms with van der Waals surface area (Å²) >= 11 is 0. The summed E-state index contributed by atoms with van der Waals surface area (Å²) in [5.41, 5.74) is 2.47. The van der Waals surface area contributed by atoms with E-state index in [2.05, 4.69) is 6.07 Å². The fourth-order valence-corrected chi connectivity index (χ4v) is 2.10. The van der Waals surface area contributed by atoms with Crippen molar-refractivity contribution >= 4 is 5.91 Å². The van der Waals surface area contributed by atoms with Crippen molar-refractivity contribution in [1.82, 2.24) is 4.90 Å². The van der Waals surface area contributed by atoms with Crippen molar-refractivity contribution in [2.75, 3.05) is 7.05 Å². The summed E-state index contributed by atoms with van der Waals surface area (Å²) in [6, 6.07) is 19.2. The highest BCUT2D eigenvalue weighted by Gasteiger charge is 2.15. The van der Waals surface area contributed by atoms with Gasteiger partial charge in [0.2, 0.25) is 0 Å².